The van der Waals surface area contributed by atoms with Gasteiger partial charge in [0.15, 0.2) is 0 Å². The van der Waals surface area contributed by atoms with Gasteiger partial charge in [-0.3, -0.25) is 0 Å². The van der Waals surface area contributed by atoms with E-state index in [0.717, 1.165) is 5.56 Å². The number of carbonyl (C=O) groups excluding carboxylic acids is 1. The number of ether oxygens (including phenoxy) is 4. The highest BCUT2D eigenvalue weighted by molar-refractivity contribution is 6.17. The van der Waals surface area contributed by atoms with Gasteiger partial charge in [0.1, 0.15) is 29.4 Å². The summed E-state index contributed by atoms with van der Waals surface area (Å²) in [4.78, 5) is 12.1. The Bertz CT molecular complexity index is 979. The van der Waals surface area contributed by atoms with E-state index in [1.54, 1.807) is 18.2 Å². The summed E-state index contributed by atoms with van der Waals surface area (Å²) in [6, 6.07) is 24.5. The largest absolute Gasteiger partial charge is 0.503 e. The average molecular weight is 390 g/mol. The van der Waals surface area contributed by atoms with Crippen LogP contribution in [0.2, 0.25) is 0 Å². The molecule has 0 N–H and O–H groups in total. The molecule has 0 saturated heterocycles. The van der Waals surface area contributed by atoms with Gasteiger partial charge in [0.25, 0.3) is 0 Å². The van der Waals surface area contributed by atoms with Crippen LogP contribution in [0.3, 0.4) is 0 Å². The van der Waals surface area contributed by atoms with Gasteiger partial charge in [-0.15, -0.1) is 0 Å². The summed E-state index contributed by atoms with van der Waals surface area (Å²) in [5.41, 5.74) is 1.91. The van der Waals surface area contributed by atoms with Gasteiger partial charge >= 0.3 is 5.97 Å². The number of methoxy groups -OCH3 is 2. The van der Waals surface area contributed by atoms with E-state index in [1.165, 1.54) is 20.5 Å². The van der Waals surface area contributed by atoms with Gasteiger partial charge in [0, 0.05) is 11.6 Å². The first kappa shape index (κ1) is 20.0. The maximum Gasteiger partial charge on any atom is 0.341 e. The van der Waals surface area contributed by atoms with E-state index >= 15 is 0 Å². The first-order valence-corrected chi connectivity index (χ1v) is 9.06. The van der Waals surface area contributed by atoms with E-state index in [4.69, 9.17) is 18.9 Å². The van der Waals surface area contributed by atoms with Crippen LogP contribution in [0.15, 0.2) is 85.1 Å². The average Bonchev–Trinajstić information content (AvgIpc) is 2.77. The Balaban J connectivity index is 1.80. The van der Waals surface area contributed by atoms with Crippen LogP contribution < -0.4 is 9.47 Å². The Morgan fingerprint density at radius 3 is 2.34 bits per heavy atom. The van der Waals surface area contributed by atoms with E-state index in [9.17, 15) is 4.79 Å². The van der Waals surface area contributed by atoms with Crippen LogP contribution in [0.4, 0.5) is 0 Å². The lowest BCUT2D eigenvalue weighted by Crippen LogP contribution is -2.05. The quantitative estimate of drug-likeness (QED) is 0.300. The van der Waals surface area contributed by atoms with Gasteiger partial charge in [0.05, 0.1) is 20.5 Å². The van der Waals surface area contributed by atoms with Gasteiger partial charge in [-0.05, 0) is 23.8 Å². The monoisotopic (exact) mass is 390 g/mol. The molecule has 0 fully saturated rings. The van der Waals surface area contributed by atoms with Gasteiger partial charge in [-0.2, -0.15) is 0 Å². The van der Waals surface area contributed by atoms with Crippen LogP contribution in [-0.2, 0) is 20.9 Å². The Morgan fingerprint density at radius 2 is 1.59 bits per heavy atom. The zero-order valence-corrected chi connectivity index (χ0v) is 16.3. The molecular weight excluding hydrogens is 368 g/mol. The van der Waals surface area contributed by atoms with Crippen LogP contribution in [0, 0.1) is 0 Å². The van der Waals surface area contributed by atoms with Crippen LogP contribution in [-0.4, -0.2) is 20.2 Å². The van der Waals surface area contributed by atoms with Gasteiger partial charge in [0.2, 0.25) is 0 Å². The summed E-state index contributed by atoms with van der Waals surface area (Å²) in [6.07, 6.45) is 1.34. The molecular formula is C24H22O5. The van der Waals surface area contributed by atoms with Crippen LogP contribution >= 0.6 is 0 Å². The highest BCUT2D eigenvalue weighted by Crippen LogP contribution is 2.32. The first-order valence-electron chi connectivity index (χ1n) is 9.06. The summed E-state index contributed by atoms with van der Waals surface area (Å²) in [5, 5.41) is 0. The molecule has 0 aliphatic rings. The van der Waals surface area contributed by atoms with Crippen molar-refractivity contribution < 1.29 is 23.7 Å². The minimum atomic E-state index is -0.511. The van der Waals surface area contributed by atoms with Gasteiger partial charge < -0.3 is 18.9 Å². The number of benzene rings is 3. The fraction of sp³-hybridized carbons (Fsp3) is 0.125. The summed E-state index contributed by atoms with van der Waals surface area (Å²) in [5.74, 6) is 1.26. The molecule has 3 rings (SSSR count). The maximum absolute atomic E-state index is 12.1. The Hall–Kier alpha value is -3.73. The standard InChI is InChI=1S/C24H22O5/c1-26-17-22(24(25)27-2)21-13-6-7-14-23(21)29-20-12-8-11-19(15-20)28-16-18-9-4-3-5-10-18/h3-15,17H,16H2,1-2H3. The lowest BCUT2D eigenvalue weighted by molar-refractivity contribution is -0.133. The van der Waals surface area contributed by atoms with Crippen LogP contribution in [0.1, 0.15) is 11.1 Å². The molecule has 148 valence electrons. The molecule has 0 bridgehead atoms. The zero-order chi connectivity index (χ0) is 20.5. The molecule has 5 nitrogen and oxygen atoms in total. The van der Waals surface area contributed by atoms with Crippen molar-refractivity contribution in [3.8, 4) is 17.2 Å². The molecule has 0 aliphatic carbocycles. The number of hydrogen-bond acceptors (Lipinski definition) is 5. The SMILES string of the molecule is COC=C(C(=O)OC)c1ccccc1Oc1cccc(OCc2ccccc2)c1. The van der Waals surface area contributed by atoms with Gasteiger partial charge in [-0.1, -0.05) is 54.6 Å². The molecule has 0 unspecified atom stereocenters. The van der Waals surface area contributed by atoms with Crippen molar-refractivity contribution in [2.24, 2.45) is 0 Å². The second-order valence-electron chi connectivity index (χ2n) is 6.11. The van der Waals surface area contributed by atoms with E-state index in [-0.39, 0.29) is 5.57 Å². The summed E-state index contributed by atoms with van der Waals surface area (Å²) in [7, 11) is 2.79. The second kappa shape index (κ2) is 9.99. The number of hydrogen-bond donors (Lipinski definition) is 0. The van der Waals surface area contributed by atoms with Crippen LogP contribution in [0.25, 0.3) is 5.57 Å². The van der Waals surface area contributed by atoms with Crippen molar-refractivity contribution in [1.29, 1.82) is 0 Å². The Morgan fingerprint density at radius 1 is 0.862 bits per heavy atom. The molecule has 29 heavy (non-hydrogen) atoms. The van der Waals surface area contributed by atoms with Crippen molar-refractivity contribution in [1.82, 2.24) is 0 Å². The Kier molecular flexibility index (Phi) is 6.90. The predicted molar refractivity (Wildman–Crippen MR) is 111 cm³/mol. The summed E-state index contributed by atoms with van der Waals surface area (Å²) < 4.78 is 21.8. The molecule has 0 saturated carbocycles. The third kappa shape index (κ3) is 5.39. The number of carbonyl (C=O) groups is 1. The van der Waals surface area contributed by atoms with Crippen molar-refractivity contribution in [2.45, 2.75) is 6.61 Å². The van der Waals surface area contributed by atoms with E-state index in [0.29, 0.717) is 29.4 Å². The molecule has 0 aromatic heterocycles. The molecule has 0 radical (unpaired) electrons. The smallest absolute Gasteiger partial charge is 0.341 e. The Labute approximate surface area is 170 Å². The fourth-order valence-electron chi connectivity index (χ4n) is 2.72. The molecule has 0 aliphatic heterocycles. The number of para-hydroxylation sites is 1. The van der Waals surface area contributed by atoms with Crippen molar-refractivity contribution >= 4 is 11.5 Å². The van der Waals surface area contributed by atoms with Crippen molar-refractivity contribution in [3.63, 3.8) is 0 Å². The predicted octanol–water partition coefficient (Wildman–Crippen LogP) is 5.22. The second-order valence-corrected chi connectivity index (χ2v) is 6.11. The van der Waals surface area contributed by atoms with Gasteiger partial charge in [-0.25, -0.2) is 4.79 Å². The third-order valence-electron chi connectivity index (χ3n) is 4.10. The van der Waals surface area contributed by atoms with Crippen molar-refractivity contribution in [2.75, 3.05) is 14.2 Å². The van der Waals surface area contributed by atoms with E-state index in [1.807, 2.05) is 60.7 Å². The molecule has 3 aromatic rings. The van der Waals surface area contributed by atoms with Crippen LogP contribution in [0.5, 0.6) is 17.2 Å². The fourth-order valence-corrected chi connectivity index (χ4v) is 2.72. The summed E-state index contributed by atoms with van der Waals surface area (Å²) >= 11 is 0. The minimum absolute atomic E-state index is 0.266. The number of esters is 1. The van der Waals surface area contributed by atoms with Crippen molar-refractivity contribution in [3.05, 3.63) is 96.3 Å². The highest BCUT2D eigenvalue weighted by Gasteiger charge is 2.18. The molecule has 0 atom stereocenters. The zero-order valence-electron chi connectivity index (χ0n) is 16.3. The number of rotatable bonds is 8. The molecule has 0 spiro atoms. The van der Waals surface area contributed by atoms with E-state index in [2.05, 4.69) is 0 Å². The first-order chi connectivity index (χ1) is 14.2. The molecule has 0 amide bonds. The lowest BCUT2D eigenvalue weighted by Gasteiger charge is -2.13. The van der Waals surface area contributed by atoms with E-state index < -0.39 is 5.97 Å². The molecule has 3 aromatic carbocycles. The molecule has 5 heteroatoms. The lowest BCUT2D eigenvalue weighted by atomic mass is 10.1. The highest BCUT2D eigenvalue weighted by atomic mass is 16.5. The summed E-state index contributed by atoms with van der Waals surface area (Å²) in [6.45, 7) is 0.462. The molecule has 0 heterocycles. The third-order valence-corrected chi connectivity index (χ3v) is 4.10. The minimum Gasteiger partial charge on any atom is -0.503 e. The normalized spacial score (nSPS) is 10.9. The maximum atomic E-state index is 12.1. The topological polar surface area (TPSA) is 54.0 Å².